The van der Waals surface area contributed by atoms with Crippen LogP contribution >= 0.6 is 0 Å². The van der Waals surface area contributed by atoms with E-state index in [1.165, 1.54) is 12.1 Å². The number of oxazole rings is 1. The molecule has 2 atom stereocenters. The summed E-state index contributed by atoms with van der Waals surface area (Å²) in [5, 5.41) is 3.30. The van der Waals surface area contributed by atoms with Crippen molar-refractivity contribution < 1.29 is 8.81 Å². The van der Waals surface area contributed by atoms with Gasteiger partial charge in [0.25, 0.3) is 0 Å². The average molecular weight is 220 g/mol. The van der Waals surface area contributed by atoms with Crippen LogP contribution in [-0.4, -0.2) is 18.1 Å². The summed E-state index contributed by atoms with van der Waals surface area (Å²) in [4.78, 5) is 4.36. The first kappa shape index (κ1) is 9.78. The van der Waals surface area contributed by atoms with E-state index in [4.69, 9.17) is 4.42 Å². The fraction of sp³-hybridized carbons (Fsp3) is 0.417. The van der Waals surface area contributed by atoms with E-state index in [2.05, 4.69) is 17.2 Å². The molecule has 0 saturated carbocycles. The van der Waals surface area contributed by atoms with Crippen molar-refractivity contribution >= 4 is 11.1 Å². The third-order valence-corrected chi connectivity index (χ3v) is 3.20. The molecule has 84 valence electrons. The van der Waals surface area contributed by atoms with Crippen LogP contribution in [0, 0.1) is 11.7 Å². The van der Waals surface area contributed by atoms with Crippen LogP contribution in [0.3, 0.4) is 0 Å². The molecule has 2 unspecified atom stereocenters. The monoisotopic (exact) mass is 220 g/mol. The summed E-state index contributed by atoms with van der Waals surface area (Å²) in [6.45, 7) is 4.04. The Bertz CT molecular complexity index is 523. The molecule has 3 nitrogen and oxygen atoms in total. The van der Waals surface area contributed by atoms with Gasteiger partial charge < -0.3 is 9.73 Å². The van der Waals surface area contributed by atoms with Crippen LogP contribution in [0.1, 0.15) is 18.7 Å². The Hall–Kier alpha value is -1.42. The lowest BCUT2D eigenvalue weighted by Crippen LogP contribution is -2.08. The van der Waals surface area contributed by atoms with Crippen LogP contribution in [0.25, 0.3) is 11.1 Å². The summed E-state index contributed by atoms with van der Waals surface area (Å²) in [6.07, 6.45) is 0. The van der Waals surface area contributed by atoms with Crippen LogP contribution in [0.4, 0.5) is 4.39 Å². The summed E-state index contributed by atoms with van der Waals surface area (Å²) in [5.41, 5.74) is 1.27. The summed E-state index contributed by atoms with van der Waals surface area (Å²) in [5.74, 6) is 1.26. The molecule has 1 aromatic heterocycles. The van der Waals surface area contributed by atoms with Crippen molar-refractivity contribution in [3.8, 4) is 0 Å². The van der Waals surface area contributed by atoms with Gasteiger partial charge in [0, 0.05) is 12.6 Å². The molecule has 0 radical (unpaired) electrons. The quantitative estimate of drug-likeness (QED) is 0.801. The second-order valence-electron chi connectivity index (χ2n) is 4.41. The molecule has 3 rings (SSSR count). The minimum absolute atomic E-state index is 0.273. The molecule has 16 heavy (non-hydrogen) atoms. The maximum Gasteiger partial charge on any atom is 0.200 e. The molecule has 0 amide bonds. The minimum Gasteiger partial charge on any atom is -0.440 e. The van der Waals surface area contributed by atoms with Gasteiger partial charge in [-0.15, -0.1) is 0 Å². The Balaban J connectivity index is 2.04. The summed E-state index contributed by atoms with van der Waals surface area (Å²) >= 11 is 0. The summed E-state index contributed by atoms with van der Waals surface area (Å²) in [6, 6.07) is 4.44. The van der Waals surface area contributed by atoms with Crippen LogP contribution in [0.2, 0.25) is 0 Å². The number of benzene rings is 1. The predicted octanol–water partition coefficient (Wildman–Crippen LogP) is 2.29. The average Bonchev–Trinajstić information content (AvgIpc) is 2.82. The summed E-state index contributed by atoms with van der Waals surface area (Å²) < 4.78 is 18.7. The van der Waals surface area contributed by atoms with E-state index in [1.54, 1.807) is 6.07 Å². The zero-order valence-electron chi connectivity index (χ0n) is 9.03. The second-order valence-corrected chi connectivity index (χ2v) is 4.41. The fourth-order valence-corrected chi connectivity index (χ4v) is 2.22. The Labute approximate surface area is 92.7 Å². The molecular weight excluding hydrogens is 207 g/mol. The zero-order valence-corrected chi connectivity index (χ0v) is 9.03. The van der Waals surface area contributed by atoms with E-state index in [-0.39, 0.29) is 5.82 Å². The van der Waals surface area contributed by atoms with E-state index < -0.39 is 0 Å². The largest absolute Gasteiger partial charge is 0.440 e. The van der Waals surface area contributed by atoms with Gasteiger partial charge in [-0.25, -0.2) is 9.37 Å². The van der Waals surface area contributed by atoms with Crippen molar-refractivity contribution in [2.75, 3.05) is 13.1 Å². The maximum absolute atomic E-state index is 13.0. The van der Waals surface area contributed by atoms with Gasteiger partial charge in [-0.3, -0.25) is 0 Å². The maximum atomic E-state index is 13.0. The first-order chi connectivity index (χ1) is 7.74. The number of fused-ring (bicyclic) bond motifs is 1. The first-order valence-corrected chi connectivity index (χ1v) is 5.51. The van der Waals surface area contributed by atoms with Crippen LogP contribution in [-0.2, 0) is 0 Å². The third-order valence-electron chi connectivity index (χ3n) is 3.20. The van der Waals surface area contributed by atoms with Crippen LogP contribution in [0.5, 0.6) is 0 Å². The molecule has 2 heterocycles. The zero-order chi connectivity index (χ0) is 11.1. The third kappa shape index (κ3) is 1.50. The van der Waals surface area contributed by atoms with Gasteiger partial charge in [0.05, 0.1) is 5.92 Å². The number of nitrogens with zero attached hydrogens (tertiary/aromatic N) is 1. The van der Waals surface area contributed by atoms with Crippen molar-refractivity contribution in [2.45, 2.75) is 12.8 Å². The molecule has 2 aromatic rings. The standard InChI is InChI=1S/C12H13FN2O/c1-7-5-14-6-9(7)12-15-10-4-8(13)2-3-11(10)16-12/h2-4,7,9,14H,5-6H2,1H3. The Kier molecular flexibility index (Phi) is 2.17. The topological polar surface area (TPSA) is 38.1 Å². The van der Waals surface area contributed by atoms with Crippen molar-refractivity contribution in [1.29, 1.82) is 0 Å². The van der Waals surface area contributed by atoms with Crippen LogP contribution in [0.15, 0.2) is 22.6 Å². The van der Waals surface area contributed by atoms with Gasteiger partial charge in [0.1, 0.15) is 11.3 Å². The lowest BCUT2D eigenvalue weighted by molar-refractivity contribution is 0.435. The SMILES string of the molecule is CC1CNCC1c1nc2cc(F)ccc2o1. The number of hydrogen-bond donors (Lipinski definition) is 1. The van der Waals surface area contributed by atoms with Gasteiger partial charge in [0.2, 0.25) is 0 Å². The number of aromatic nitrogens is 1. The Morgan fingerprint density at radius 3 is 3.06 bits per heavy atom. The fourth-order valence-electron chi connectivity index (χ4n) is 2.22. The van der Waals surface area contributed by atoms with Gasteiger partial charge in [-0.2, -0.15) is 0 Å². The normalized spacial score (nSPS) is 25.4. The number of halogens is 1. The van der Waals surface area contributed by atoms with Gasteiger partial charge >= 0.3 is 0 Å². The Morgan fingerprint density at radius 2 is 2.31 bits per heavy atom. The smallest absolute Gasteiger partial charge is 0.200 e. The molecular formula is C12H13FN2O. The molecule has 1 aromatic carbocycles. The molecule has 1 N–H and O–H groups in total. The van der Waals surface area contributed by atoms with Crippen molar-refractivity contribution in [2.24, 2.45) is 5.92 Å². The van der Waals surface area contributed by atoms with Gasteiger partial charge in [-0.05, 0) is 24.6 Å². The van der Waals surface area contributed by atoms with Crippen molar-refractivity contribution in [3.63, 3.8) is 0 Å². The highest BCUT2D eigenvalue weighted by atomic mass is 19.1. The van der Waals surface area contributed by atoms with E-state index in [0.29, 0.717) is 22.9 Å². The predicted molar refractivity (Wildman–Crippen MR) is 58.7 cm³/mol. The van der Waals surface area contributed by atoms with Crippen molar-refractivity contribution in [3.05, 3.63) is 29.9 Å². The molecule has 1 saturated heterocycles. The van der Waals surface area contributed by atoms with E-state index >= 15 is 0 Å². The molecule has 0 spiro atoms. The molecule has 1 aliphatic heterocycles. The highest BCUT2D eigenvalue weighted by molar-refractivity contribution is 5.72. The lowest BCUT2D eigenvalue weighted by Gasteiger charge is -2.08. The molecule has 1 fully saturated rings. The van der Waals surface area contributed by atoms with Crippen LogP contribution < -0.4 is 5.32 Å². The number of nitrogens with one attached hydrogen (secondary N) is 1. The summed E-state index contributed by atoms with van der Waals surface area (Å²) in [7, 11) is 0. The number of hydrogen-bond acceptors (Lipinski definition) is 3. The van der Waals surface area contributed by atoms with E-state index in [9.17, 15) is 4.39 Å². The highest BCUT2D eigenvalue weighted by Crippen LogP contribution is 2.29. The van der Waals surface area contributed by atoms with E-state index in [1.807, 2.05) is 0 Å². The van der Waals surface area contributed by atoms with Gasteiger partial charge in [0.15, 0.2) is 11.5 Å². The Morgan fingerprint density at radius 1 is 1.44 bits per heavy atom. The minimum atomic E-state index is -0.273. The lowest BCUT2D eigenvalue weighted by atomic mass is 9.98. The number of rotatable bonds is 1. The molecule has 0 bridgehead atoms. The van der Waals surface area contributed by atoms with E-state index in [0.717, 1.165) is 19.0 Å². The molecule has 4 heteroatoms. The molecule has 0 aliphatic carbocycles. The highest BCUT2D eigenvalue weighted by Gasteiger charge is 2.28. The first-order valence-electron chi connectivity index (χ1n) is 5.51. The van der Waals surface area contributed by atoms with Crippen molar-refractivity contribution in [1.82, 2.24) is 10.3 Å². The van der Waals surface area contributed by atoms with Gasteiger partial charge in [-0.1, -0.05) is 6.92 Å². The molecule has 1 aliphatic rings. The second kappa shape index (κ2) is 3.56.